The van der Waals surface area contributed by atoms with Gasteiger partial charge in [-0.3, -0.25) is 0 Å². The van der Waals surface area contributed by atoms with Crippen molar-refractivity contribution in [3.63, 3.8) is 0 Å². The van der Waals surface area contributed by atoms with Crippen molar-refractivity contribution in [2.24, 2.45) is 5.73 Å². The van der Waals surface area contributed by atoms with Crippen molar-refractivity contribution >= 4 is 0 Å². The monoisotopic (exact) mass is 156 g/mol. The Balaban J connectivity index is 0. The first-order valence-corrected chi connectivity index (χ1v) is 2.84. The van der Waals surface area contributed by atoms with Crippen LogP contribution in [0.15, 0.2) is 12.7 Å². The van der Waals surface area contributed by atoms with Gasteiger partial charge in [-0.2, -0.15) is 0 Å². The van der Waals surface area contributed by atoms with Crippen molar-refractivity contribution < 1.29 is 28.6 Å². The molecule has 4 nitrogen and oxygen atoms in total. The Morgan fingerprint density at radius 3 is 1.88 bits per heavy atom. The van der Waals surface area contributed by atoms with Gasteiger partial charge in [-0.05, 0) is 6.08 Å². The summed E-state index contributed by atoms with van der Waals surface area (Å²) in [5.74, 6) is 0. The van der Waals surface area contributed by atoms with Crippen molar-refractivity contribution in [3.8, 4) is 0 Å². The van der Waals surface area contributed by atoms with Crippen molar-refractivity contribution in [1.29, 1.82) is 0 Å². The zero-order valence-electron chi connectivity index (χ0n) is 4.15. The van der Waals surface area contributed by atoms with E-state index in [1.165, 1.54) is 6.08 Å². The Labute approximate surface area is 53.9 Å². The number of aliphatic hydroxyl groups excluding tert-OH is 1. The fourth-order valence-corrected chi connectivity index (χ4v) is 0. The molecule has 1 unspecified atom stereocenters. The molecule has 1 atom stereocenters. The van der Waals surface area contributed by atoms with Crippen LogP contribution in [0.4, 0.5) is 0 Å². The molecule has 0 aliphatic carbocycles. The van der Waals surface area contributed by atoms with Crippen molar-refractivity contribution in [3.05, 3.63) is 12.7 Å². The molecule has 0 aromatic heterocycles. The molecular formula is C3H7NO3V. The number of hydrogen-bond donors (Lipinski definition) is 2. The van der Waals surface area contributed by atoms with Gasteiger partial charge in [0.1, 0.15) is 6.23 Å². The molecule has 8 heavy (non-hydrogen) atoms. The summed E-state index contributed by atoms with van der Waals surface area (Å²) in [4.78, 5) is 0. The molecule has 3 N–H and O–H groups in total. The molecule has 5 heteroatoms. The van der Waals surface area contributed by atoms with Crippen LogP contribution in [0.5, 0.6) is 0 Å². The Kier molecular flexibility index (Phi) is 13.4. The topological polar surface area (TPSA) is 80.4 Å². The molecule has 0 bridgehead atoms. The summed E-state index contributed by atoms with van der Waals surface area (Å²) in [6.45, 7) is 3.19. The summed E-state index contributed by atoms with van der Waals surface area (Å²) < 4.78 is 16.9. The maximum atomic E-state index is 8.47. The molecule has 0 heterocycles. The van der Waals surface area contributed by atoms with Crippen molar-refractivity contribution in [2.75, 3.05) is 0 Å². The van der Waals surface area contributed by atoms with Crippen molar-refractivity contribution in [1.82, 2.24) is 0 Å². The van der Waals surface area contributed by atoms with E-state index in [9.17, 15) is 0 Å². The fourth-order valence-electron chi connectivity index (χ4n) is 0. The maximum absolute atomic E-state index is 8.47. The third kappa shape index (κ3) is 40.3. The van der Waals surface area contributed by atoms with Crippen LogP contribution < -0.4 is 5.73 Å². The van der Waals surface area contributed by atoms with Crippen LogP contribution >= 0.6 is 0 Å². The second kappa shape index (κ2) is 9.96. The molecule has 0 amide bonds. The van der Waals surface area contributed by atoms with Gasteiger partial charge >= 0.3 is 23.5 Å². The predicted octanol–water partition coefficient (Wildman–Crippen LogP) is -0.791. The Bertz CT molecular complexity index is 86.5. The van der Waals surface area contributed by atoms with E-state index < -0.39 is 22.4 Å². The van der Waals surface area contributed by atoms with E-state index in [2.05, 4.69) is 6.58 Å². The first-order chi connectivity index (χ1) is 3.68. The van der Waals surface area contributed by atoms with E-state index in [4.69, 9.17) is 18.2 Å². The molecule has 0 aliphatic heterocycles. The van der Waals surface area contributed by atoms with E-state index in [-0.39, 0.29) is 0 Å². The van der Waals surface area contributed by atoms with Crippen LogP contribution in [0.3, 0.4) is 0 Å². The second-order valence-electron chi connectivity index (χ2n) is 0.801. The van der Waals surface area contributed by atoms with E-state index in [1.54, 1.807) is 0 Å². The van der Waals surface area contributed by atoms with Crippen LogP contribution in [-0.4, -0.2) is 11.3 Å². The molecule has 47 valence electrons. The SMILES string of the molecule is C=CC(N)O.[O]=[V]=[O]. The van der Waals surface area contributed by atoms with Gasteiger partial charge in [0.25, 0.3) is 0 Å². The zero-order chi connectivity index (χ0) is 6.99. The molecule has 0 aromatic rings. The van der Waals surface area contributed by atoms with Gasteiger partial charge in [0.2, 0.25) is 0 Å². The number of nitrogens with two attached hydrogens (primary N) is 1. The summed E-state index contributed by atoms with van der Waals surface area (Å²) in [7, 11) is 0. The molecule has 0 radical (unpaired) electrons. The third-order valence-electron chi connectivity index (χ3n) is 0.241. The Hall–Kier alpha value is -0.156. The van der Waals surface area contributed by atoms with E-state index >= 15 is 0 Å². The fraction of sp³-hybridized carbons (Fsp3) is 0.333. The predicted molar refractivity (Wildman–Crippen MR) is 21.8 cm³/mol. The molecule has 0 aliphatic rings. The molecule has 0 fully saturated rings. The Morgan fingerprint density at radius 1 is 1.75 bits per heavy atom. The summed E-state index contributed by atoms with van der Waals surface area (Å²) in [5, 5.41) is 8.02. The normalized spacial score (nSPS) is 9.75. The minimum absolute atomic E-state index is 0.852. The van der Waals surface area contributed by atoms with Gasteiger partial charge in [0.05, 0.1) is 0 Å². The number of aliphatic hydroxyl groups is 1. The molecule has 0 rings (SSSR count). The molecule has 0 spiro atoms. The summed E-state index contributed by atoms with van der Waals surface area (Å²) in [6.07, 6.45) is 0.398. The van der Waals surface area contributed by atoms with Gasteiger partial charge in [-0.1, -0.05) is 6.58 Å². The van der Waals surface area contributed by atoms with Gasteiger partial charge in [0.15, 0.2) is 0 Å². The van der Waals surface area contributed by atoms with Crippen LogP contribution in [-0.2, 0) is 23.5 Å². The molecule has 0 saturated heterocycles. The van der Waals surface area contributed by atoms with Crippen LogP contribution in [0.1, 0.15) is 0 Å². The molecule has 0 aromatic carbocycles. The number of hydrogen-bond acceptors (Lipinski definition) is 4. The third-order valence-corrected chi connectivity index (χ3v) is 0.241. The molecule has 0 saturated carbocycles. The average molecular weight is 156 g/mol. The van der Waals surface area contributed by atoms with Gasteiger partial charge in [-0.15, -0.1) is 0 Å². The van der Waals surface area contributed by atoms with E-state index in [0.29, 0.717) is 0 Å². The first kappa shape index (κ1) is 10.8. The summed E-state index contributed by atoms with van der Waals surface area (Å²) in [5.41, 5.74) is 4.73. The second-order valence-corrected chi connectivity index (χ2v) is 1.03. The summed E-state index contributed by atoms with van der Waals surface area (Å²) in [6, 6.07) is 0. The van der Waals surface area contributed by atoms with Crippen LogP contribution in [0, 0.1) is 0 Å². The van der Waals surface area contributed by atoms with Crippen LogP contribution in [0.2, 0.25) is 0 Å². The van der Waals surface area contributed by atoms with Crippen LogP contribution in [0.25, 0.3) is 0 Å². The van der Waals surface area contributed by atoms with E-state index in [0.717, 1.165) is 0 Å². The van der Waals surface area contributed by atoms with E-state index in [1.807, 2.05) is 0 Å². The first-order valence-electron chi connectivity index (χ1n) is 1.70. The summed E-state index contributed by atoms with van der Waals surface area (Å²) >= 11 is -1.81. The average Bonchev–Trinajstić information content (AvgIpc) is 1.69. The quantitative estimate of drug-likeness (QED) is 0.385. The van der Waals surface area contributed by atoms with Gasteiger partial charge in [-0.25, -0.2) is 0 Å². The zero-order valence-corrected chi connectivity index (χ0v) is 5.55. The Morgan fingerprint density at radius 2 is 1.88 bits per heavy atom. The van der Waals surface area contributed by atoms with Crippen molar-refractivity contribution in [2.45, 2.75) is 6.23 Å². The number of rotatable bonds is 1. The van der Waals surface area contributed by atoms with Gasteiger partial charge in [0, 0.05) is 0 Å². The van der Waals surface area contributed by atoms with Gasteiger partial charge < -0.3 is 10.8 Å². The minimum atomic E-state index is -1.81. The standard InChI is InChI=1S/C3H7NO.2O.V/c1-2-3(4)5;;;/h2-3,5H,1,4H2;;;. The molecular weight excluding hydrogens is 149 g/mol.